The largest absolute Gasteiger partial charge is 0.456 e. The van der Waals surface area contributed by atoms with Gasteiger partial charge >= 0.3 is 0 Å². The van der Waals surface area contributed by atoms with Crippen LogP contribution >= 0.6 is 15.9 Å². The molecule has 0 bridgehead atoms. The first-order valence-electron chi connectivity index (χ1n) is 16.7. The molecule has 0 saturated carbocycles. The van der Waals surface area contributed by atoms with Gasteiger partial charge in [0.1, 0.15) is 22.3 Å². The Balaban J connectivity index is 1.06. The lowest BCUT2D eigenvalue weighted by molar-refractivity contribution is 0.668. The zero-order valence-corrected chi connectivity index (χ0v) is 28.6. The number of nitrogens with zero attached hydrogens (tertiary/aromatic N) is 3. The highest BCUT2D eigenvalue weighted by Crippen LogP contribution is 2.35. The van der Waals surface area contributed by atoms with Crippen LogP contribution in [0.15, 0.2) is 171 Å². The summed E-state index contributed by atoms with van der Waals surface area (Å²) >= 11 is 3.58. The standard InChI is InChI=1S/C45H26BrN3O2/c46-34-7-5-6-31(24-34)29-14-12-27(13-15-29)28-16-18-30(19-17-28)43-47-44(32-20-22-37-35-8-1-3-10-39(35)50-41(37)25-32)49-45(48-43)33-21-23-38-36-9-2-4-11-40(36)51-42(38)26-33/h1-26H. The monoisotopic (exact) mass is 719 g/mol. The van der Waals surface area contributed by atoms with Gasteiger partial charge in [0.25, 0.3) is 0 Å². The van der Waals surface area contributed by atoms with Crippen molar-refractivity contribution >= 4 is 59.8 Å². The molecule has 7 aromatic carbocycles. The molecule has 6 heteroatoms. The minimum Gasteiger partial charge on any atom is -0.456 e. The van der Waals surface area contributed by atoms with E-state index in [1.54, 1.807) is 0 Å². The van der Waals surface area contributed by atoms with Crippen LogP contribution < -0.4 is 0 Å². The number of fused-ring (bicyclic) bond motifs is 6. The molecule has 0 atom stereocenters. The van der Waals surface area contributed by atoms with Gasteiger partial charge in [0, 0.05) is 42.7 Å². The molecule has 0 fully saturated rings. The molecule has 3 heterocycles. The van der Waals surface area contributed by atoms with Crippen molar-refractivity contribution < 1.29 is 8.83 Å². The van der Waals surface area contributed by atoms with Crippen molar-refractivity contribution in [1.29, 1.82) is 0 Å². The van der Waals surface area contributed by atoms with Gasteiger partial charge in [-0.25, -0.2) is 15.0 Å². The Labute approximate surface area is 301 Å². The molecule has 240 valence electrons. The second-order valence-electron chi connectivity index (χ2n) is 12.6. The lowest BCUT2D eigenvalue weighted by atomic mass is 9.99. The van der Waals surface area contributed by atoms with Crippen LogP contribution in [-0.4, -0.2) is 15.0 Å². The predicted molar refractivity (Wildman–Crippen MR) is 209 cm³/mol. The summed E-state index contributed by atoms with van der Waals surface area (Å²) in [4.78, 5) is 15.1. The van der Waals surface area contributed by atoms with Gasteiger partial charge in [-0.3, -0.25) is 0 Å². The van der Waals surface area contributed by atoms with Crippen LogP contribution in [0.1, 0.15) is 0 Å². The Morgan fingerprint density at radius 3 is 1.24 bits per heavy atom. The minimum absolute atomic E-state index is 0.564. The van der Waals surface area contributed by atoms with E-state index in [4.69, 9.17) is 23.8 Å². The SMILES string of the molecule is Brc1cccc(-c2ccc(-c3ccc(-c4nc(-c5ccc6c(c5)oc5ccccc56)nc(-c5ccc6c(c5)oc5ccccc56)n4)cc3)cc2)c1. The van der Waals surface area contributed by atoms with Crippen LogP contribution in [0.25, 0.3) is 100 Å². The quantitative estimate of drug-likeness (QED) is 0.177. The topological polar surface area (TPSA) is 65.0 Å². The summed E-state index contributed by atoms with van der Waals surface area (Å²) < 4.78 is 13.5. The molecule has 0 aliphatic rings. The molecular weight excluding hydrogens is 694 g/mol. The molecule has 3 aromatic heterocycles. The number of para-hydroxylation sites is 2. The first-order chi connectivity index (χ1) is 25.1. The second kappa shape index (κ2) is 11.9. The third kappa shape index (κ3) is 5.28. The van der Waals surface area contributed by atoms with Gasteiger partial charge in [-0.2, -0.15) is 0 Å². The Hall–Kier alpha value is -6.37. The molecule has 10 aromatic rings. The molecule has 0 saturated heterocycles. The van der Waals surface area contributed by atoms with Gasteiger partial charge in [0.05, 0.1) is 0 Å². The summed E-state index contributed by atoms with van der Waals surface area (Å²) in [7, 11) is 0. The summed E-state index contributed by atoms with van der Waals surface area (Å²) in [6, 6.07) is 53.8. The number of furan rings is 2. The Morgan fingerprint density at radius 1 is 0.314 bits per heavy atom. The van der Waals surface area contributed by atoms with E-state index in [2.05, 4.69) is 119 Å². The highest BCUT2D eigenvalue weighted by Gasteiger charge is 2.16. The van der Waals surface area contributed by atoms with E-state index in [1.165, 1.54) is 11.1 Å². The van der Waals surface area contributed by atoms with E-state index in [-0.39, 0.29) is 0 Å². The number of halogens is 1. The average molecular weight is 721 g/mol. The maximum Gasteiger partial charge on any atom is 0.164 e. The normalized spacial score (nSPS) is 11.6. The smallest absolute Gasteiger partial charge is 0.164 e. The molecule has 0 radical (unpaired) electrons. The summed E-state index contributed by atoms with van der Waals surface area (Å²) in [6.45, 7) is 0. The average Bonchev–Trinajstić information content (AvgIpc) is 3.75. The molecular formula is C45H26BrN3O2. The maximum absolute atomic E-state index is 6.23. The van der Waals surface area contributed by atoms with Gasteiger partial charge in [0.2, 0.25) is 0 Å². The third-order valence-electron chi connectivity index (χ3n) is 9.43. The summed E-state index contributed by atoms with van der Waals surface area (Å²) in [5, 5.41) is 4.27. The fraction of sp³-hybridized carbons (Fsp3) is 0. The summed E-state index contributed by atoms with van der Waals surface area (Å²) in [5.74, 6) is 1.71. The van der Waals surface area contributed by atoms with Crippen LogP contribution in [-0.2, 0) is 0 Å². The molecule has 0 aliphatic heterocycles. The van der Waals surface area contributed by atoms with Crippen LogP contribution in [0.4, 0.5) is 0 Å². The predicted octanol–water partition coefficient (Wildman–Crippen LogP) is 12.8. The van der Waals surface area contributed by atoms with Gasteiger partial charge in [-0.1, -0.05) is 125 Å². The Kier molecular flexibility index (Phi) is 6.89. The van der Waals surface area contributed by atoms with Crippen LogP contribution in [0.2, 0.25) is 0 Å². The molecule has 0 spiro atoms. The van der Waals surface area contributed by atoms with Crippen LogP contribution in [0.5, 0.6) is 0 Å². The van der Waals surface area contributed by atoms with Crippen LogP contribution in [0, 0.1) is 0 Å². The summed E-state index contributed by atoms with van der Waals surface area (Å²) in [6.07, 6.45) is 0. The van der Waals surface area contributed by atoms with E-state index in [0.29, 0.717) is 17.5 Å². The fourth-order valence-electron chi connectivity index (χ4n) is 6.83. The number of aromatic nitrogens is 3. The zero-order chi connectivity index (χ0) is 33.9. The van der Waals surface area contributed by atoms with E-state index in [1.807, 2.05) is 54.6 Å². The van der Waals surface area contributed by atoms with E-state index >= 15 is 0 Å². The van der Waals surface area contributed by atoms with E-state index in [0.717, 1.165) is 76.2 Å². The van der Waals surface area contributed by atoms with Gasteiger partial charge in [-0.15, -0.1) is 0 Å². The molecule has 0 amide bonds. The Bertz CT molecular complexity index is 2790. The van der Waals surface area contributed by atoms with Gasteiger partial charge in [-0.05, 0) is 70.8 Å². The Morgan fingerprint density at radius 2 is 0.725 bits per heavy atom. The lowest BCUT2D eigenvalue weighted by Crippen LogP contribution is -2.00. The lowest BCUT2D eigenvalue weighted by Gasteiger charge is -2.10. The van der Waals surface area contributed by atoms with Crippen molar-refractivity contribution in [3.8, 4) is 56.4 Å². The number of rotatable bonds is 5. The molecule has 10 rings (SSSR count). The van der Waals surface area contributed by atoms with Crippen LogP contribution in [0.3, 0.4) is 0 Å². The minimum atomic E-state index is 0.564. The fourth-order valence-corrected chi connectivity index (χ4v) is 7.23. The van der Waals surface area contributed by atoms with Gasteiger partial charge < -0.3 is 8.83 Å². The van der Waals surface area contributed by atoms with Crippen molar-refractivity contribution in [2.24, 2.45) is 0 Å². The first-order valence-corrected chi connectivity index (χ1v) is 17.5. The number of benzene rings is 7. The molecule has 0 aliphatic carbocycles. The number of hydrogen-bond acceptors (Lipinski definition) is 5. The molecule has 5 nitrogen and oxygen atoms in total. The molecule has 0 N–H and O–H groups in total. The van der Waals surface area contributed by atoms with Crippen molar-refractivity contribution in [3.05, 3.63) is 162 Å². The van der Waals surface area contributed by atoms with Gasteiger partial charge in [0.15, 0.2) is 17.5 Å². The molecule has 0 unspecified atom stereocenters. The van der Waals surface area contributed by atoms with Crippen molar-refractivity contribution in [2.75, 3.05) is 0 Å². The highest BCUT2D eigenvalue weighted by atomic mass is 79.9. The summed E-state index contributed by atoms with van der Waals surface area (Å²) in [5.41, 5.74) is 10.5. The first kappa shape index (κ1) is 29.5. The van der Waals surface area contributed by atoms with E-state index < -0.39 is 0 Å². The van der Waals surface area contributed by atoms with Crippen molar-refractivity contribution in [1.82, 2.24) is 15.0 Å². The zero-order valence-electron chi connectivity index (χ0n) is 27.0. The van der Waals surface area contributed by atoms with Crippen molar-refractivity contribution in [3.63, 3.8) is 0 Å². The van der Waals surface area contributed by atoms with E-state index in [9.17, 15) is 0 Å². The number of hydrogen-bond donors (Lipinski definition) is 0. The van der Waals surface area contributed by atoms with Crippen molar-refractivity contribution in [2.45, 2.75) is 0 Å². The third-order valence-corrected chi connectivity index (χ3v) is 9.92. The maximum atomic E-state index is 6.23. The second-order valence-corrected chi connectivity index (χ2v) is 13.5. The molecule has 51 heavy (non-hydrogen) atoms. The highest BCUT2D eigenvalue weighted by molar-refractivity contribution is 9.10.